The van der Waals surface area contributed by atoms with Crippen molar-refractivity contribution >= 4 is 18.0 Å². The molecule has 0 spiro atoms. The molecule has 0 saturated heterocycles. The van der Waals surface area contributed by atoms with Crippen LogP contribution in [0.5, 0.6) is 11.5 Å². The highest BCUT2D eigenvalue weighted by Gasteiger charge is 2.30. The molecule has 0 radical (unpaired) electrons. The number of carbonyl (C=O) groups is 2. The van der Waals surface area contributed by atoms with Gasteiger partial charge in [0, 0.05) is 24.1 Å². The van der Waals surface area contributed by atoms with Gasteiger partial charge in [0.15, 0.2) is 11.5 Å². The Hall–Kier alpha value is -3.28. The zero-order valence-corrected chi connectivity index (χ0v) is 16.0. The average Bonchev–Trinajstić information content (AvgIpc) is 3.57. The zero-order chi connectivity index (χ0) is 20.1. The number of amides is 1. The fourth-order valence-corrected chi connectivity index (χ4v) is 3.01. The molecule has 0 aromatic heterocycles. The van der Waals surface area contributed by atoms with Gasteiger partial charge in [0.1, 0.15) is 0 Å². The molecule has 6 nitrogen and oxygen atoms in total. The third kappa shape index (κ3) is 5.16. The minimum absolute atomic E-state index is 0.185. The van der Waals surface area contributed by atoms with E-state index in [2.05, 4.69) is 5.32 Å². The van der Waals surface area contributed by atoms with E-state index in [1.165, 1.54) is 6.08 Å². The van der Waals surface area contributed by atoms with E-state index >= 15 is 0 Å². The number of esters is 1. The van der Waals surface area contributed by atoms with E-state index in [9.17, 15) is 9.59 Å². The molecule has 0 unspecified atom stereocenters. The van der Waals surface area contributed by atoms with E-state index in [0.29, 0.717) is 30.3 Å². The molecule has 1 saturated carbocycles. The standard InChI is InChI=1S/C23H23NO5/c25-21(12-8-16-7-11-19-20(15-16)28-14-4-13-27-19)29-22(17-5-2-1-3-6-17)23(26)24-18-9-10-18/h1-3,5-8,11-12,15,18,22H,4,9-10,13-14H2,(H,24,26)/b12-8+/t22-/m0/s1. The van der Waals surface area contributed by atoms with Crippen LogP contribution in [0.3, 0.4) is 0 Å². The van der Waals surface area contributed by atoms with E-state index in [-0.39, 0.29) is 11.9 Å². The highest BCUT2D eigenvalue weighted by Crippen LogP contribution is 2.31. The Morgan fingerprint density at radius 1 is 1.03 bits per heavy atom. The van der Waals surface area contributed by atoms with Gasteiger partial charge in [-0.1, -0.05) is 36.4 Å². The third-order valence-electron chi connectivity index (χ3n) is 4.68. The molecular weight excluding hydrogens is 370 g/mol. The average molecular weight is 393 g/mol. The Morgan fingerprint density at radius 3 is 2.55 bits per heavy atom. The van der Waals surface area contributed by atoms with Crippen LogP contribution >= 0.6 is 0 Å². The summed E-state index contributed by atoms with van der Waals surface area (Å²) in [5, 5.41) is 2.90. The first-order valence-electron chi connectivity index (χ1n) is 9.83. The van der Waals surface area contributed by atoms with Crippen molar-refractivity contribution in [3.05, 3.63) is 65.7 Å². The number of benzene rings is 2. The fourth-order valence-electron chi connectivity index (χ4n) is 3.01. The number of ether oxygens (including phenoxy) is 3. The molecule has 2 aliphatic rings. The highest BCUT2D eigenvalue weighted by atomic mass is 16.5. The second-order valence-electron chi connectivity index (χ2n) is 7.10. The van der Waals surface area contributed by atoms with Crippen molar-refractivity contribution in [2.45, 2.75) is 31.4 Å². The summed E-state index contributed by atoms with van der Waals surface area (Å²) in [5.74, 6) is 0.472. The van der Waals surface area contributed by atoms with Crippen LogP contribution in [0.15, 0.2) is 54.6 Å². The van der Waals surface area contributed by atoms with E-state index in [0.717, 1.165) is 24.8 Å². The zero-order valence-electron chi connectivity index (χ0n) is 16.0. The van der Waals surface area contributed by atoms with Gasteiger partial charge >= 0.3 is 5.97 Å². The van der Waals surface area contributed by atoms with Crippen molar-refractivity contribution in [2.75, 3.05) is 13.2 Å². The number of hydrogen-bond acceptors (Lipinski definition) is 5. The number of fused-ring (bicyclic) bond motifs is 1. The van der Waals surface area contributed by atoms with Gasteiger partial charge in [-0.25, -0.2) is 4.79 Å². The van der Waals surface area contributed by atoms with Crippen LogP contribution in [0, 0.1) is 0 Å². The normalized spacial score (nSPS) is 16.7. The quantitative estimate of drug-likeness (QED) is 0.601. The Kier molecular flexibility index (Phi) is 5.79. The van der Waals surface area contributed by atoms with Crippen LogP contribution in [0.2, 0.25) is 0 Å². The van der Waals surface area contributed by atoms with Gasteiger partial charge in [-0.05, 0) is 36.6 Å². The van der Waals surface area contributed by atoms with Gasteiger partial charge in [-0.2, -0.15) is 0 Å². The predicted octanol–water partition coefficient (Wildman–Crippen LogP) is 3.42. The summed E-state index contributed by atoms with van der Waals surface area (Å²) in [5.41, 5.74) is 1.42. The van der Waals surface area contributed by atoms with Gasteiger partial charge in [0.2, 0.25) is 6.10 Å². The number of nitrogens with one attached hydrogen (secondary N) is 1. The molecule has 0 bridgehead atoms. The minimum atomic E-state index is -0.974. The highest BCUT2D eigenvalue weighted by molar-refractivity contribution is 5.91. The number of hydrogen-bond donors (Lipinski definition) is 1. The van der Waals surface area contributed by atoms with E-state index in [4.69, 9.17) is 14.2 Å². The molecule has 2 aromatic carbocycles. The lowest BCUT2D eigenvalue weighted by Crippen LogP contribution is -2.33. The molecule has 1 aliphatic carbocycles. The Morgan fingerprint density at radius 2 is 1.79 bits per heavy atom. The first-order chi connectivity index (χ1) is 14.2. The molecule has 1 fully saturated rings. The summed E-state index contributed by atoms with van der Waals surface area (Å²) in [4.78, 5) is 25.0. The van der Waals surface area contributed by atoms with Crippen molar-refractivity contribution in [3.8, 4) is 11.5 Å². The summed E-state index contributed by atoms with van der Waals surface area (Å²) in [7, 11) is 0. The van der Waals surface area contributed by atoms with Gasteiger partial charge < -0.3 is 19.5 Å². The Bertz CT molecular complexity index is 905. The van der Waals surface area contributed by atoms with Crippen LogP contribution in [0.25, 0.3) is 6.08 Å². The third-order valence-corrected chi connectivity index (χ3v) is 4.68. The monoisotopic (exact) mass is 393 g/mol. The second-order valence-corrected chi connectivity index (χ2v) is 7.10. The smallest absolute Gasteiger partial charge is 0.331 e. The van der Waals surface area contributed by atoms with E-state index in [1.807, 2.05) is 36.4 Å². The Balaban J connectivity index is 1.44. The van der Waals surface area contributed by atoms with Crippen LogP contribution in [-0.4, -0.2) is 31.1 Å². The van der Waals surface area contributed by atoms with Crippen LogP contribution in [-0.2, 0) is 14.3 Å². The van der Waals surface area contributed by atoms with Gasteiger partial charge in [0.05, 0.1) is 13.2 Å². The van der Waals surface area contributed by atoms with Crippen LogP contribution in [0.1, 0.15) is 36.5 Å². The lowest BCUT2D eigenvalue weighted by atomic mass is 10.1. The SMILES string of the molecule is O=C(/C=C/c1ccc2c(c1)OCCCO2)O[C@H](C(=O)NC1CC1)c1ccccc1. The fraction of sp³-hybridized carbons (Fsp3) is 0.304. The molecule has 150 valence electrons. The first-order valence-corrected chi connectivity index (χ1v) is 9.83. The summed E-state index contributed by atoms with van der Waals surface area (Å²) < 4.78 is 16.8. The number of rotatable bonds is 6. The summed E-state index contributed by atoms with van der Waals surface area (Å²) in [6.07, 6.45) is 4.74. The topological polar surface area (TPSA) is 73.9 Å². The molecular formula is C23H23NO5. The summed E-state index contributed by atoms with van der Waals surface area (Å²) in [6, 6.07) is 14.7. The Labute approximate surface area is 169 Å². The lowest BCUT2D eigenvalue weighted by Gasteiger charge is -2.17. The molecule has 1 N–H and O–H groups in total. The number of carbonyl (C=O) groups excluding carboxylic acids is 2. The second kappa shape index (κ2) is 8.82. The van der Waals surface area contributed by atoms with E-state index < -0.39 is 12.1 Å². The summed E-state index contributed by atoms with van der Waals surface area (Å²) in [6.45, 7) is 1.22. The maximum absolute atomic E-state index is 12.6. The minimum Gasteiger partial charge on any atom is -0.490 e. The van der Waals surface area contributed by atoms with Crippen molar-refractivity contribution in [1.82, 2.24) is 5.32 Å². The maximum atomic E-state index is 12.6. The van der Waals surface area contributed by atoms with Gasteiger partial charge in [-0.15, -0.1) is 0 Å². The largest absolute Gasteiger partial charge is 0.490 e. The van der Waals surface area contributed by atoms with Crippen LogP contribution < -0.4 is 14.8 Å². The summed E-state index contributed by atoms with van der Waals surface area (Å²) >= 11 is 0. The molecule has 29 heavy (non-hydrogen) atoms. The van der Waals surface area contributed by atoms with Crippen molar-refractivity contribution in [3.63, 3.8) is 0 Å². The molecule has 6 heteroatoms. The molecule has 1 aliphatic heterocycles. The van der Waals surface area contributed by atoms with E-state index in [1.54, 1.807) is 18.2 Å². The molecule has 1 heterocycles. The molecule has 2 aromatic rings. The van der Waals surface area contributed by atoms with Crippen molar-refractivity contribution in [1.29, 1.82) is 0 Å². The van der Waals surface area contributed by atoms with Crippen molar-refractivity contribution < 1.29 is 23.8 Å². The van der Waals surface area contributed by atoms with Crippen molar-refractivity contribution in [2.24, 2.45) is 0 Å². The predicted molar refractivity (Wildman–Crippen MR) is 108 cm³/mol. The first kappa shape index (κ1) is 19.1. The van der Waals surface area contributed by atoms with Gasteiger partial charge in [-0.3, -0.25) is 4.79 Å². The van der Waals surface area contributed by atoms with Gasteiger partial charge in [0.25, 0.3) is 5.91 Å². The molecule has 4 rings (SSSR count). The molecule has 1 amide bonds. The van der Waals surface area contributed by atoms with Crippen LogP contribution in [0.4, 0.5) is 0 Å². The lowest BCUT2D eigenvalue weighted by molar-refractivity contribution is -0.151. The maximum Gasteiger partial charge on any atom is 0.331 e. The molecule has 1 atom stereocenters.